The van der Waals surface area contributed by atoms with E-state index in [1.165, 1.54) is 11.1 Å². The van der Waals surface area contributed by atoms with E-state index in [-0.39, 0.29) is 11.9 Å². The molecule has 2 heterocycles. The van der Waals surface area contributed by atoms with Gasteiger partial charge in [-0.25, -0.2) is 4.98 Å². The first-order chi connectivity index (χ1) is 13.7. The molecule has 3 aromatic rings. The molecule has 2 N–H and O–H groups in total. The third-order valence-electron chi connectivity index (χ3n) is 5.09. The summed E-state index contributed by atoms with van der Waals surface area (Å²) in [5, 5.41) is 15.7. The molecule has 0 aliphatic carbocycles. The van der Waals surface area contributed by atoms with Crippen LogP contribution in [0.1, 0.15) is 27.7 Å². The van der Waals surface area contributed by atoms with Gasteiger partial charge in [0, 0.05) is 24.7 Å². The zero-order valence-electron chi connectivity index (χ0n) is 15.5. The normalized spacial score (nSPS) is 15.4. The van der Waals surface area contributed by atoms with Crippen LogP contribution in [0.25, 0.3) is 0 Å². The number of rotatable bonds is 5. The second kappa shape index (κ2) is 8.54. The third kappa shape index (κ3) is 4.40. The van der Waals surface area contributed by atoms with Crippen molar-refractivity contribution in [2.45, 2.75) is 18.9 Å². The van der Waals surface area contributed by atoms with Gasteiger partial charge in [-0.1, -0.05) is 36.4 Å². The van der Waals surface area contributed by atoms with Gasteiger partial charge in [0.2, 0.25) is 5.91 Å². The number of carbonyl (C=O) groups excluding carboxylic acids is 1. The molecule has 28 heavy (non-hydrogen) atoms. The number of nitrogens with zero attached hydrogens (tertiary/aromatic N) is 2. The van der Waals surface area contributed by atoms with Gasteiger partial charge in [0.15, 0.2) is 0 Å². The van der Waals surface area contributed by atoms with Crippen molar-refractivity contribution in [1.29, 1.82) is 0 Å². The van der Waals surface area contributed by atoms with Gasteiger partial charge in [0.05, 0.1) is 6.54 Å². The molecule has 1 atom stereocenters. The second-order valence-corrected chi connectivity index (χ2v) is 7.94. The highest BCUT2D eigenvalue weighted by Crippen LogP contribution is 2.24. The van der Waals surface area contributed by atoms with Gasteiger partial charge in [0.1, 0.15) is 16.8 Å². The summed E-state index contributed by atoms with van der Waals surface area (Å²) in [6.45, 7) is 1.99. The maximum Gasteiger partial charge on any atom is 0.235 e. The van der Waals surface area contributed by atoms with Crippen LogP contribution >= 0.6 is 11.3 Å². The Hall–Kier alpha value is -2.70. The van der Waals surface area contributed by atoms with Crippen LogP contribution in [0.15, 0.2) is 60.1 Å². The number of phenolic OH excluding ortho intramolecular Hbond substituents is 1. The van der Waals surface area contributed by atoms with Gasteiger partial charge in [-0.3, -0.25) is 9.69 Å². The molecule has 0 saturated carbocycles. The molecule has 5 nitrogen and oxygen atoms in total. The average molecular weight is 394 g/mol. The van der Waals surface area contributed by atoms with Crippen molar-refractivity contribution < 1.29 is 9.90 Å². The minimum atomic E-state index is -0.227. The fraction of sp³-hybridized carbons (Fsp3) is 0.273. The average Bonchev–Trinajstić information content (AvgIpc) is 3.17. The molecule has 0 radical (unpaired) electrons. The molecule has 0 fully saturated rings. The largest absolute Gasteiger partial charge is 0.508 e. The Morgan fingerprint density at radius 2 is 1.93 bits per heavy atom. The number of hydrogen-bond donors (Lipinski definition) is 2. The molecule has 1 aliphatic heterocycles. The molecule has 144 valence electrons. The number of phenols is 1. The number of carbonyl (C=O) groups is 1. The molecule has 1 aromatic heterocycles. The van der Waals surface area contributed by atoms with E-state index in [4.69, 9.17) is 0 Å². The lowest BCUT2D eigenvalue weighted by molar-refractivity contribution is -0.122. The van der Waals surface area contributed by atoms with Crippen LogP contribution < -0.4 is 5.32 Å². The number of hydrogen-bond acceptors (Lipinski definition) is 5. The Morgan fingerprint density at radius 3 is 2.68 bits per heavy atom. The molecule has 0 bridgehead atoms. The Morgan fingerprint density at radius 1 is 1.14 bits per heavy atom. The lowest BCUT2D eigenvalue weighted by Gasteiger charge is -2.22. The van der Waals surface area contributed by atoms with Gasteiger partial charge in [-0.05, 0) is 41.7 Å². The van der Waals surface area contributed by atoms with E-state index in [9.17, 15) is 9.90 Å². The van der Waals surface area contributed by atoms with Crippen LogP contribution in [0, 0.1) is 0 Å². The zero-order chi connectivity index (χ0) is 19.3. The summed E-state index contributed by atoms with van der Waals surface area (Å²) in [6, 6.07) is 15.3. The second-order valence-electron chi connectivity index (χ2n) is 7.01. The Bertz CT molecular complexity index is 928. The van der Waals surface area contributed by atoms with Crippen LogP contribution in [-0.2, 0) is 17.6 Å². The molecule has 4 rings (SSSR count). The van der Waals surface area contributed by atoms with Crippen LogP contribution in [-0.4, -0.2) is 40.5 Å². The summed E-state index contributed by atoms with van der Waals surface area (Å²) in [5.41, 5.74) is 3.46. The van der Waals surface area contributed by atoms with Crippen LogP contribution in [0.5, 0.6) is 5.75 Å². The summed E-state index contributed by atoms with van der Waals surface area (Å²) in [4.78, 5) is 19.4. The first-order valence-corrected chi connectivity index (χ1v) is 10.3. The van der Waals surface area contributed by atoms with Crippen molar-refractivity contribution in [3.63, 3.8) is 0 Å². The predicted molar refractivity (Wildman–Crippen MR) is 110 cm³/mol. The van der Waals surface area contributed by atoms with E-state index in [0.29, 0.717) is 12.3 Å². The lowest BCUT2D eigenvalue weighted by atomic mass is 10.0. The first-order valence-electron chi connectivity index (χ1n) is 9.46. The smallest absolute Gasteiger partial charge is 0.235 e. The van der Waals surface area contributed by atoms with E-state index in [1.54, 1.807) is 23.6 Å². The van der Waals surface area contributed by atoms with Crippen LogP contribution in [0.3, 0.4) is 0 Å². The fourth-order valence-corrected chi connectivity index (χ4v) is 4.35. The summed E-state index contributed by atoms with van der Waals surface area (Å²) in [7, 11) is 0. The van der Waals surface area contributed by atoms with Crippen LogP contribution in [0.2, 0.25) is 0 Å². The molecule has 1 amide bonds. The standard InChI is InChI=1S/C22H23N3O2S/c26-19-7-6-16-8-11-25(12-9-18(16)14-19)15-20(27)24-21(22-23-10-13-28-22)17-4-2-1-3-5-17/h1-7,10,13-14,21,26H,8-9,11-12,15H2,(H,24,27). The predicted octanol–water partition coefficient (Wildman–Crippen LogP) is 3.16. The highest BCUT2D eigenvalue weighted by Gasteiger charge is 2.22. The minimum Gasteiger partial charge on any atom is -0.508 e. The van der Waals surface area contributed by atoms with Crippen LogP contribution in [0.4, 0.5) is 0 Å². The maximum absolute atomic E-state index is 12.8. The van der Waals surface area contributed by atoms with Gasteiger partial charge in [-0.2, -0.15) is 0 Å². The summed E-state index contributed by atoms with van der Waals surface area (Å²) in [6.07, 6.45) is 3.49. The number of benzene rings is 2. The molecular weight excluding hydrogens is 370 g/mol. The van der Waals surface area contributed by atoms with E-state index < -0.39 is 0 Å². The summed E-state index contributed by atoms with van der Waals surface area (Å²) >= 11 is 1.55. The molecule has 2 aromatic carbocycles. The van der Waals surface area contributed by atoms with Crippen molar-refractivity contribution in [3.8, 4) is 5.75 Å². The highest BCUT2D eigenvalue weighted by atomic mass is 32.1. The number of thiazole rings is 1. The highest BCUT2D eigenvalue weighted by molar-refractivity contribution is 7.09. The number of nitrogens with one attached hydrogen (secondary N) is 1. The van der Waals surface area contributed by atoms with Gasteiger partial charge < -0.3 is 10.4 Å². The SMILES string of the molecule is O=C(CN1CCc2ccc(O)cc2CC1)NC(c1ccccc1)c1nccs1. The van der Waals surface area contributed by atoms with Gasteiger partial charge >= 0.3 is 0 Å². The number of aromatic nitrogens is 1. The first kappa shape index (κ1) is 18.7. The zero-order valence-corrected chi connectivity index (χ0v) is 16.4. The van der Waals surface area contributed by atoms with Crippen molar-refractivity contribution >= 4 is 17.2 Å². The summed E-state index contributed by atoms with van der Waals surface area (Å²) in [5.74, 6) is 0.303. The molecule has 6 heteroatoms. The summed E-state index contributed by atoms with van der Waals surface area (Å²) < 4.78 is 0. The lowest BCUT2D eigenvalue weighted by Crippen LogP contribution is -2.40. The van der Waals surface area contributed by atoms with E-state index in [2.05, 4.69) is 15.2 Å². The van der Waals surface area contributed by atoms with E-state index in [0.717, 1.165) is 36.5 Å². The number of aromatic hydroxyl groups is 1. The van der Waals surface area contributed by atoms with E-state index >= 15 is 0 Å². The van der Waals surface area contributed by atoms with Crippen molar-refractivity contribution in [2.24, 2.45) is 0 Å². The molecular formula is C22H23N3O2S. The Labute approximate surface area is 168 Å². The Balaban J connectivity index is 1.42. The van der Waals surface area contributed by atoms with E-state index in [1.807, 2.05) is 47.8 Å². The molecule has 1 unspecified atom stereocenters. The van der Waals surface area contributed by atoms with Gasteiger partial charge in [-0.15, -0.1) is 11.3 Å². The molecule has 0 saturated heterocycles. The molecule has 1 aliphatic rings. The van der Waals surface area contributed by atoms with Crippen molar-refractivity contribution in [3.05, 3.63) is 81.8 Å². The van der Waals surface area contributed by atoms with Crippen molar-refractivity contribution in [1.82, 2.24) is 15.2 Å². The monoisotopic (exact) mass is 393 g/mol. The maximum atomic E-state index is 12.8. The number of fused-ring (bicyclic) bond motifs is 1. The minimum absolute atomic E-state index is 0.00198. The Kier molecular flexibility index (Phi) is 5.69. The quantitative estimate of drug-likeness (QED) is 0.699. The third-order valence-corrected chi connectivity index (χ3v) is 5.93. The van der Waals surface area contributed by atoms with Crippen molar-refractivity contribution in [2.75, 3.05) is 19.6 Å². The molecule has 0 spiro atoms. The number of amides is 1. The van der Waals surface area contributed by atoms with Gasteiger partial charge in [0.25, 0.3) is 0 Å². The topological polar surface area (TPSA) is 65.5 Å². The fourth-order valence-electron chi connectivity index (χ4n) is 3.64.